The number of urea groups is 1. The minimum atomic E-state index is -4.50. The van der Waals surface area contributed by atoms with Crippen LogP contribution in [0.3, 0.4) is 0 Å². The van der Waals surface area contributed by atoms with Gasteiger partial charge in [-0.15, -0.1) is 0 Å². The van der Waals surface area contributed by atoms with Gasteiger partial charge < -0.3 is 15.6 Å². The summed E-state index contributed by atoms with van der Waals surface area (Å²) in [4.78, 5) is 15.0. The lowest BCUT2D eigenvalue weighted by molar-refractivity contribution is -0.137. The summed E-state index contributed by atoms with van der Waals surface area (Å²) in [6.07, 6.45) is -2.71. The first kappa shape index (κ1) is 17.2. The van der Waals surface area contributed by atoms with E-state index in [2.05, 4.69) is 15.6 Å². The number of nitrogens with one attached hydrogen (secondary N) is 3. The topological polar surface area (TPSA) is 56.9 Å². The van der Waals surface area contributed by atoms with Crippen LogP contribution in [0.2, 0.25) is 5.02 Å². The maximum Gasteiger partial charge on any atom is 0.417 e. The molecule has 0 atom stereocenters. The minimum Gasteiger partial charge on any atom is -0.361 e. The lowest BCUT2D eigenvalue weighted by Crippen LogP contribution is -2.28. The maximum absolute atomic E-state index is 12.7. The van der Waals surface area contributed by atoms with Crippen LogP contribution < -0.4 is 10.6 Å². The van der Waals surface area contributed by atoms with Crippen molar-refractivity contribution >= 4 is 34.2 Å². The van der Waals surface area contributed by atoms with Gasteiger partial charge in [-0.25, -0.2) is 4.79 Å². The lowest BCUT2D eigenvalue weighted by atomic mass is 10.1. The van der Waals surface area contributed by atoms with E-state index in [-0.39, 0.29) is 6.54 Å². The van der Waals surface area contributed by atoms with Crippen molar-refractivity contribution in [3.8, 4) is 0 Å². The Labute approximate surface area is 146 Å². The number of carbonyl (C=O) groups excluding carboxylic acids is 1. The zero-order valence-corrected chi connectivity index (χ0v) is 13.5. The molecule has 3 N–H and O–H groups in total. The second kappa shape index (κ2) is 6.68. The van der Waals surface area contributed by atoms with E-state index < -0.39 is 22.8 Å². The molecular weight excluding hydrogens is 355 g/mol. The van der Waals surface area contributed by atoms with Gasteiger partial charge in [-0.1, -0.05) is 23.7 Å². The van der Waals surface area contributed by atoms with Crippen LogP contribution in [0.5, 0.6) is 0 Å². The molecule has 0 spiro atoms. The molecule has 0 saturated carbocycles. The number of aromatic amines is 1. The van der Waals surface area contributed by atoms with Crippen LogP contribution in [0.15, 0.2) is 48.7 Å². The Morgan fingerprint density at radius 1 is 1.12 bits per heavy atom. The van der Waals surface area contributed by atoms with Gasteiger partial charge in [-0.2, -0.15) is 13.2 Å². The van der Waals surface area contributed by atoms with E-state index in [1.807, 2.05) is 12.1 Å². The zero-order valence-electron chi connectivity index (χ0n) is 12.7. The zero-order chi connectivity index (χ0) is 18.0. The van der Waals surface area contributed by atoms with Crippen LogP contribution in [0, 0.1) is 0 Å². The average molecular weight is 368 g/mol. The highest BCUT2D eigenvalue weighted by molar-refractivity contribution is 6.31. The molecule has 0 unspecified atom stereocenters. The van der Waals surface area contributed by atoms with E-state index in [4.69, 9.17) is 11.6 Å². The summed E-state index contributed by atoms with van der Waals surface area (Å²) in [7, 11) is 0. The first-order chi connectivity index (χ1) is 11.8. The van der Waals surface area contributed by atoms with Gasteiger partial charge in [-0.05, 0) is 41.3 Å². The average Bonchev–Trinajstić information content (AvgIpc) is 2.99. The Kier molecular flexibility index (Phi) is 4.59. The summed E-state index contributed by atoms with van der Waals surface area (Å²) in [6.45, 7) is 0.0500. The molecule has 2 aromatic carbocycles. The highest BCUT2D eigenvalue weighted by atomic mass is 35.5. The Morgan fingerprint density at radius 3 is 2.64 bits per heavy atom. The molecule has 3 aromatic rings. The maximum atomic E-state index is 12.7. The third kappa shape index (κ3) is 4.06. The first-order valence-electron chi connectivity index (χ1n) is 7.30. The highest BCUT2D eigenvalue weighted by Gasteiger charge is 2.32. The Hall–Kier alpha value is -2.67. The summed E-state index contributed by atoms with van der Waals surface area (Å²) in [6, 6.07) is 10.2. The van der Waals surface area contributed by atoms with Gasteiger partial charge in [0.1, 0.15) is 0 Å². The summed E-state index contributed by atoms with van der Waals surface area (Å²) in [5, 5.41) is 5.86. The molecule has 3 rings (SSSR count). The monoisotopic (exact) mass is 367 g/mol. The quantitative estimate of drug-likeness (QED) is 0.588. The molecule has 0 aliphatic heterocycles. The molecule has 0 fully saturated rings. The van der Waals surface area contributed by atoms with Gasteiger partial charge in [-0.3, -0.25) is 0 Å². The highest BCUT2D eigenvalue weighted by Crippen LogP contribution is 2.34. The fraction of sp³-hybridized carbons (Fsp3) is 0.118. The summed E-state index contributed by atoms with van der Waals surface area (Å²) < 4.78 is 38.0. The molecule has 2 amide bonds. The van der Waals surface area contributed by atoms with Crippen LogP contribution in [-0.4, -0.2) is 11.0 Å². The number of hydrogen-bond acceptors (Lipinski definition) is 1. The Balaban J connectivity index is 1.61. The van der Waals surface area contributed by atoms with E-state index in [1.54, 1.807) is 18.3 Å². The number of benzene rings is 2. The summed E-state index contributed by atoms with van der Waals surface area (Å²) in [5.74, 6) is 0. The number of carbonyl (C=O) groups is 1. The first-order valence-corrected chi connectivity index (χ1v) is 7.68. The van der Waals surface area contributed by atoms with Gasteiger partial charge in [0, 0.05) is 23.9 Å². The van der Waals surface area contributed by atoms with E-state index in [0.29, 0.717) is 11.3 Å². The van der Waals surface area contributed by atoms with Crippen LogP contribution >= 0.6 is 11.6 Å². The third-order valence-corrected chi connectivity index (χ3v) is 3.92. The number of aromatic nitrogens is 1. The minimum absolute atomic E-state index is 0.0500. The Morgan fingerprint density at radius 2 is 1.92 bits per heavy atom. The van der Waals surface area contributed by atoms with Crippen molar-refractivity contribution in [3.63, 3.8) is 0 Å². The number of alkyl halides is 3. The fourth-order valence-electron chi connectivity index (χ4n) is 2.38. The molecular formula is C17H13ClF3N3O. The van der Waals surface area contributed by atoms with Crippen LogP contribution in [0.4, 0.5) is 23.7 Å². The number of H-pyrrole nitrogens is 1. The molecule has 25 heavy (non-hydrogen) atoms. The number of amides is 2. The van der Waals surface area contributed by atoms with E-state index >= 15 is 0 Å². The molecule has 0 aliphatic rings. The molecule has 0 aliphatic carbocycles. The summed E-state index contributed by atoms with van der Waals surface area (Å²) in [5.41, 5.74) is 1.04. The SMILES string of the molecule is O=C(NCc1ccc(C(F)(F)F)c(Cl)c1)Nc1ccc2cc[nH]c2c1. The number of anilines is 1. The van der Waals surface area contributed by atoms with E-state index in [9.17, 15) is 18.0 Å². The number of halogens is 4. The van der Waals surface area contributed by atoms with E-state index in [1.165, 1.54) is 12.1 Å². The molecule has 0 radical (unpaired) electrons. The molecule has 1 aromatic heterocycles. The second-order valence-electron chi connectivity index (χ2n) is 5.40. The lowest BCUT2D eigenvalue weighted by Gasteiger charge is -2.11. The van der Waals surface area contributed by atoms with Gasteiger partial charge in [0.2, 0.25) is 0 Å². The normalized spacial score (nSPS) is 11.5. The number of hydrogen-bond donors (Lipinski definition) is 3. The third-order valence-electron chi connectivity index (χ3n) is 3.60. The molecule has 1 heterocycles. The largest absolute Gasteiger partial charge is 0.417 e. The number of fused-ring (bicyclic) bond motifs is 1. The molecule has 4 nitrogen and oxygen atoms in total. The van der Waals surface area contributed by atoms with Crippen molar-refractivity contribution in [1.82, 2.24) is 10.3 Å². The van der Waals surface area contributed by atoms with Crippen molar-refractivity contribution in [1.29, 1.82) is 0 Å². The predicted octanol–water partition coefficient (Wildman–Crippen LogP) is 5.16. The number of rotatable bonds is 3. The second-order valence-corrected chi connectivity index (χ2v) is 5.81. The molecule has 130 valence electrons. The van der Waals surface area contributed by atoms with Crippen molar-refractivity contribution in [3.05, 3.63) is 64.8 Å². The van der Waals surface area contributed by atoms with Crippen LogP contribution in [0.1, 0.15) is 11.1 Å². The fourth-order valence-corrected chi connectivity index (χ4v) is 2.69. The van der Waals surface area contributed by atoms with Crippen LogP contribution in [-0.2, 0) is 12.7 Å². The van der Waals surface area contributed by atoms with Crippen molar-refractivity contribution < 1.29 is 18.0 Å². The Bertz CT molecular complexity index is 921. The molecule has 0 saturated heterocycles. The van der Waals surface area contributed by atoms with Gasteiger partial charge in [0.25, 0.3) is 0 Å². The standard InChI is InChI=1S/C17H13ClF3N3O/c18-14-7-10(1-4-13(14)17(19,20)21)9-23-16(25)24-12-3-2-11-5-6-22-15(11)8-12/h1-8,22H,9H2,(H2,23,24,25). The van der Waals surface area contributed by atoms with Gasteiger partial charge >= 0.3 is 12.2 Å². The smallest absolute Gasteiger partial charge is 0.361 e. The van der Waals surface area contributed by atoms with Gasteiger partial charge in [0.15, 0.2) is 0 Å². The van der Waals surface area contributed by atoms with Gasteiger partial charge in [0.05, 0.1) is 10.6 Å². The summed E-state index contributed by atoms with van der Waals surface area (Å²) >= 11 is 5.65. The van der Waals surface area contributed by atoms with Crippen molar-refractivity contribution in [2.75, 3.05) is 5.32 Å². The van der Waals surface area contributed by atoms with Crippen molar-refractivity contribution in [2.24, 2.45) is 0 Å². The molecule has 0 bridgehead atoms. The predicted molar refractivity (Wildman–Crippen MR) is 90.6 cm³/mol. The van der Waals surface area contributed by atoms with E-state index in [0.717, 1.165) is 17.0 Å². The molecule has 8 heteroatoms. The van der Waals surface area contributed by atoms with Crippen LogP contribution in [0.25, 0.3) is 10.9 Å². The van der Waals surface area contributed by atoms with Crippen molar-refractivity contribution in [2.45, 2.75) is 12.7 Å².